The number of halogens is 3. The number of carbonyl (C=O) groups is 3. The number of benzene rings is 1. The highest BCUT2D eigenvalue weighted by molar-refractivity contribution is 6.38. The Labute approximate surface area is 198 Å². The van der Waals surface area contributed by atoms with Crippen LogP contribution in [0.1, 0.15) is 40.2 Å². The van der Waals surface area contributed by atoms with Gasteiger partial charge in [0.2, 0.25) is 5.78 Å². The molecule has 0 spiro atoms. The molecule has 1 aliphatic carbocycles. The van der Waals surface area contributed by atoms with Crippen molar-refractivity contribution in [2.75, 3.05) is 0 Å². The van der Waals surface area contributed by atoms with Gasteiger partial charge in [0, 0.05) is 18.7 Å². The normalized spacial score (nSPS) is 14.3. The van der Waals surface area contributed by atoms with Gasteiger partial charge >= 0.3 is 6.18 Å². The second kappa shape index (κ2) is 9.69. The van der Waals surface area contributed by atoms with Crippen molar-refractivity contribution in [2.45, 2.75) is 44.4 Å². The number of hydrogen-bond acceptors (Lipinski definition) is 5. The lowest BCUT2D eigenvalue weighted by molar-refractivity contribution is -0.139. The number of nitrogens with zero attached hydrogens (tertiary/aromatic N) is 3. The molecule has 2 amide bonds. The highest BCUT2D eigenvalue weighted by atomic mass is 19.4. The zero-order valence-electron chi connectivity index (χ0n) is 18.7. The van der Waals surface area contributed by atoms with Crippen molar-refractivity contribution >= 4 is 17.6 Å². The number of Topliss-reactive ketones (excluding diaryl/α,β-unsaturated/α-hetero) is 1. The molecule has 2 N–H and O–H groups in total. The van der Waals surface area contributed by atoms with Gasteiger partial charge in [0.15, 0.2) is 5.82 Å². The molecule has 0 bridgehead atoms. The number of aryl methyl sites for hydroxylation is 1. The van der Waals surface area contributed by atoms with Crippen LogP contribution in [0.15, 0.2) is 54.7 Å². The van der Waals surface area contributed by atoms with Crippen molar-refractivity contribution < 1.29 is 27.6 Å². The van der Waals surface area contributed by atoms with Crippen LogP contribution in [0.5, 0.6) is 0 Å². The predicted octanol–water partition coefficient (Wildman–Crippen LogP) is 2.78. The summed E-state index contributed by atoms with van der Waals surface area (Å²) in [7, 11) is 0. The molecule has 8 nitrogen and oxygen atoms in total. The van der Waals surface area contributed by atoms with Crippen molar-refractivity contribution in [3.63, 3.8) is 0 Å². The maximum absolute atomic E-state index is 13.2. The number of amides is 2. The largest absolute Gasteiger partial charge is 0.417 e. The summed E-state index contributed by atoms with van der Waals surface area (Å²) in [4.78, 5) is 42.3. The van der Waals surface area contributed by atoms with Gasteiger partial charge in [0.25, 0.3) is 11.8 Å². The van der Waals surface area contributed by atoms with Crippen LogP contribution >= 0.6 is 0 Å². The number of hydrogen-bond donors (Lipinski definition) is 2. The minimum Gasteiger partial charge on any atom is -0.347 e. The molecule has 2 heterocycles. The van der Waals surface area contributed by atoms with Gasteiger partial charge in [-0.25, -0.2) is 9.67 Å². The van der Waals surface area contributed by atoms with E-state index in [1.54, 1.807) is 37.3 Å². The van der Waals surface area contributed by atoms with Crippen molar-refractivity contribution in [2.24, 2.45) is 0 Å². The summed E-state index contributed by atoms with van der Waals surface area (Å²) >= 11 is 0. The van der Waals surface area contributed by atoms with Crippen molar-refractivity contribution in [1.29, 1.82) is 0 Å². The predicted molar refractivity (Wildman–Crippen MR) is 119 cm³/mol. The van der Waals surface area contributed by atoms with Gasteiger partial charge in [-0.2, -0.15) is 18.3 Å². The number of ketones is 1. The van der Waals surface area contributed by atoms with Crippen LogP contribution in [0, 0.1) is 6.92 Å². The van der Waals surface area contributed by atoms with Gasteiger partial charge < -0.3 is 10.6 Å². The molecule has 0 radical (unpaired) electrons. The lowest BCUT2D eigenvalue weighted by Gasteiger charge is -2.18. The average Bonchev–Trinajstić information content (AvgIpc) is 3.55. The molecule has 1 aliphatic rings. The fraction of sp³-hybridized carbons (Fsp3) is 0.292. The minimum atomic E-state index is -4.56. The van der Waals surface area contributed by atoms with Crippen molar-refractivity contribution in [1.82, 2.24) is 25.4 Å². The van der Waals surface area contributed by atoms with Crippen LogP contribution in [0.4, 0.5) is 13.2 Å². The first-order valence-electron chi connectivity index (χ1n) is 10.9. The molecule has 1 aromatic carbocycles. The fourth-order valence-electron chi connectivity index (χ4n) is 3.45. The van der Waals surface area contributed by atoms with E-state index in [9.17, 15) is 27.6 Å². The lowest BCUT2D eigenvalue weighted by Crippen LogP contribution is -2.49. The molecule has 2 aromatic heterocycles. The third-order valence-corrected chi connectivity index (χ3v) is 5.40. The van der Waals surface area contributed by atoms with E-state index >= 15 is 0 Å². The van der Waals surface area contributed by atoms with Gasteiger partial charge in [0.1, 0.15) is 11.7 Å². The summed E-state index contributed by atoms with van der Waals surface area (Å²) < 4.78 is 39.8. The second-order valence-corrected chi connectivity index (χ2v) is 8.31. The van der Waals surface area contributed by atoms with Crippen LogP contribution in [-0.2, 0) is 22.2 Å². The standard InChI is InChI=1S/C24H22F3N5O3/c1-14-11-19(32(31-14)20-10-7-16(13-28-20)24(25,26)27)22(34)30-18(12-15-5-3-2-4-6-15)21(33)23(35)29-17-8-9-17/h2-7,10-11,13,17-18H,8-9,12H2,1H3,(H,29,35)(H,30,34)/t18-/m0/s1. The van der Waals surface area contributed by atoms with Crippen LogP contribution in [0.3, 0.4) is 0 Å². The average molecular weight is 485 g/mol. The summed E-state index contributed by atoms with van der Waals surface area (Å²) in [6, 6.07) is 11.1. The molecule has 1 saturated carbocycles. The third-order valence-electron chi connectivity index (χ3n) is 5.40. The van der Waals surface area contributed by atoms with Crippen LogP contribution in [0.2, 0.25) is 0 Å². The molecule has 0 aliphatic heterocycles. The molecular weight excluding hydrogens is 463 g/mol. The van der Waals surface area contributed by atoms with Crippen LogP contribution in [0.25, 0.3) is 5.82 Å². The van der Waals surface area contributed by atoms with E-state index in [4.69, 9.17) is 0 Å². The summed E-state index contributed by atoms with van der Waals surface area (Å²) in [5.74, 6) is -2.29. The Morgan fingerprint density at radius 2 is 1.83 bits per heavy atom. The second-order valence-electron chi connectivity index (χ2n) is 8.31. The van der Waals surface area contributed by atoms with E-state index < -0.39 is 35.4 Å². The Morgan fingerprint density at radius 1 is 1.11 bits per heavy atom. The fourth-order valence-corrected chi connectivity index (χ4v) is 3.45. The maximum Gasteiger partial charge on any atom is 0.417 e. The topological polar surface area (TPSA) is 106 Å². The lowest BCUT2D eigenvalue weighted by atomic mass is 10.0. The zero-order valence-corrected chi connectivity index (χ0v) is 18.7. The number of pyridine rings is 1. The Balaban J connectivity index is 1.59. The number of aromatic nitrogens is 3. The Kier molecular flexibility index (Phi) is 6.68. The molecule has 4 rings (SSSR count). The van der Waals surface area contributed by atoms with Crippen molar-refractivity contribution in [3.8, 4) is 5.82 Å². The van der Waals surface area contributed by atoms with E-state index in [0.29, 0.717) is 11.9 Å². The molecule has 0 unspecified atom stereocenters. The number of alkyl halides is 3. The quantitative estimate of drug-likeness (QED) is 0.478. The highest BCUT2D eigenvalue weighted by Crippen LogP contribution is 2.28. The monoisotopic (exact) mass is 485 g/mol. The van der Waals surface area contributed by atoms with Gasteiger partial charge in [-0.1, -0.05) is 30.3 Å². The number of carbonyl (C=O) groups excluding carboxylic acids is 3. The number of nitrogens with one attached hydrogen (secondary N) is 2. The van der Waals surface area contributed by atoms with Crippen molar-refractivity contribution in [3.05, 3.63) is 77.2 Å². The van der Waals surface area contributed by atoms with E-state index in [0.717, 1.165) is 35.2 Å². The first kappa shape index (κ1) is 24.1. The SMILES string of the molecule is Cc1cc(C(=O)N[C@@H](Cc2ccccc2)C(=O)C(=O)NC2CC2)n(-c2ccc(C(F)(F)F)cn2)n1. The molecule has 1 fully saturated rings. The van der Waals surface area contributed by atoms with Gasteiger partial charge in [-0.15, -0.1) is 0 Å². The Morgan fingerprint density at radius 3 is 2.43 bits per heavy atom. The van der Waals surface area contributed by atoms with Crippen LogP contribution in [-0.4, -0.2) is 44.4 Å². The molecule has 11 heteroatoms. The van der Waals surface area contributed by atoms with Gasteiger partial charge in [0.05, 0.1) is 11.3 Å². The summed E-state index contributed by atoms with van der Waals surface area (Å²) in [6.45, 7) is 1.60. The third kappa shape index (κ3) is 5.92. The van der Waals surface area contributed by atoms with E-state index in [2.05, 4.69) is 20.7 Å². The first-order chi connectivity index (χ1) is 16.6. The molecule has 3 aromatic rings. The summed E-state index contributed by atoms with van der Waals surface area (Å²) in [6.07, 6.45) is -2.23. The molecule has 35 heavy (non-hydrogen) atoms. The highest BCUT2D eigenvalue weighted by Gasteiger charge is 2.33. The summed E-state index contributed by atoms with van der Waals surface area (Å²) in [5.41, 5.74) is 0.170. The molecule has 0 saturated heterocycles. The Bertz CT molecular complexity index is 1240. The molecule has 182 valence electrons. The van der Waals surface area contributed by atoms with Gasteiger partial charge in [-0.05, 0) is 43.5 Å². The Hall–Kier alpha value is -4.02. The number of rotatable bonds is 8. The molecular formula is C24H22F3N5O3. The van der Waals surface area contributed by atoms with E-state index in [1.807, 2.05) is 0 Å². The smallest absolute Gasteiger partial charge is 0.347 e. The van der Waals surface area contributed by atoms with Crippen LogP contribution < -0.4 is 10.6 Å². The first-order valence-corrected chi connectivity index (χ1v) is 10.9. The van der Waals surface area contributed by atoms with E-state index in [-0.39, 0.29) is 24.0 Å². The summed E-state index contributed by atoms with van der Waals surface area (Å²) in [5, 5.41) is 9.39. The maximum atomic E-state index is 13.2. The minimum absolute atomic E-state index is 0.00587. The van der Waals surface area contributed by atoms with Gasteiger partial charge in [-0.3, -0.25) is 14.4 Å². The zero-order chi connectivity index (χ0) is 25.2. The van der Waals surface area contributed by atoms with E-state index in [1.165, 1.54) is 6.07 Å². The molecule has 1 atom stereocenters.